The molecule has 0 spiro atoms. The average Bonchev–Trinajstić information content (AvgIpc) is 2.78. The van der Waals surface area contributed by atoms with Crippen molar-refractivity contribution in [3.8, 4) is 11.6 Å². The van der Waals surface area contributed by atoms with Crippen LogP contribution in [0.4, 0.5) is 4.79 Å². The van der Waals surface area contributed by atoms with Crippen LogP contribution in [0.5, 0.6) is 11.6 Å². The number of aliphatic carboxylic acids is 1. The third kappa shape index (κ3) is 10.2. The maximum absolute atomic E-state index is 11.7. The number of benzene rings is 1. The highest BCUT2D eigenvalue weighted by atomic mass is 35.5. The van der Waals surface area contributed by atoms with Gasteiger partial charge in [-0.05, 0) is 64.3 Å². The van der Waals surface area contributed by atoms with E-state index in [4.69, 9.17) is 42.5 Å². The summed E-state index contributed by atoms with van der Waals surface area (Å²) in [5.41, 5.74) is 0.458. The Morgan fingerprint density at radius 1 is 1.14 bits per heavy atom. The summed E-state index contributed by atoms with van der Waals surface area (Å²) >= 11 is 12.1. The molecule has 0 radical (unpaired) electrons. The van der Waals surface area contributed by atoms with Crippen LogP contribution in [0.1, 0.15) is 39.2 Å². The largest absolute Gasteiger partial charge is 0.487 e. The summed E-state index contributed by atoms with van der Waals surface area (Å²) < 4.78 is 16.1. The van der Waals surface area contributed by atoms with E-state index in [1.807, 2.05) is 31.2 Å². The van der Waals surface area contributed by atoms with Crippen LogP contribution in [0.15, 0.2) is 36.5 Å². The molecular weight excluding hydrogens is 495 g/mol. The molecule has 1 N–H and O–H groups in total. The van der Waals surface area contributed by atoms with Crippen molar-refractivity contribution in [3.63, 3.8) is 0 Å². The fraction of sp³-hybridized carbons (Fsp3) is 0.480. The molecule has 1 saturated heterocycles. The van der Waals surface area contributed by atoms with E-state index in [9.17, 15) is 9.59 Å². The number of pyridine rings is 1. The number of hydrogen-bond donors (Lipinski definition) is 1. The van der Waals surface area contributed by atoms with Crippen LogP contribution in [-0.4, -0.2) is 59.0 Å². The lowest BCUT2D eigenvalue weighted by molar-refractivity contribution is -0.143. The molecule has 1 aromatic heterocycles. The van der Waals surface area contributed by atoms with Crippen molar-refractivity contribution in [1.29, 1.82) is 0 Å². The van der Waals surface area contributed by atoms with Gasteiger partial charge in [0, 0.05) is 25.4 Å². The van der Waals surface area contributed by atoms with Gasteiger partial charge in [-0.2, -0.15) is 0 Å². The molecule has 1 aliphatic rings. The molecule has 0 aliphatic carbocycles. The van der Waals surface area contributed by atoms with Gasteiger partial charge in [0.1, 0.15) is 18.8 Å². The number of ether oxygens (including phenoxy) is 3. The predicted octanol–water partition coefficient (Wildman–Crippen LogP) is 5.87. The molecule has 1 amide bonds. The molecule has 1 aliphatic heterocycles. The predicted molar refractivity (Wildman–Crippen MR) is 135 cm³/mol. The fourth-order valence-corrected chi connectivity index (χ4v) is 3.92. The van der Waals surface area contributed by atoms with Gasteiger partial charge in [-0.3, -0.25) is 4.79 Å². The van der Waals surface area contributed by atoms with E-state index in [2.05, 4.69) is 4.98 Å². The number of hydrogen-bond acceptors (Lipinski definition) is 6. The van der Waals surface area contributed by atoms with Crippen molar-refractivity contribution >= 4 is 35.3 Å². The van der Waals surface area contributed by atoms with Gasteiger partial charge in [0.2, 0.25) is 5.88 Å². The van der Waals surface area contributed by atoms with Crippen molar-refractivity contribution in [3.05, 3.63) is 52.1 Å². The Labute approximate surface area is 216 Å². The van der Waals surface area contributed by atoms with E-state index in [1.54, 1.807) is 33.0 Å². The summed E-state index contributed by atoms with van der Waals surface area (Å²) in [6.45, 7) is 8.86. The van der Waals surface area contributed by atoms with Gasteiger partial charge in [-0.15, -0.1) is 0 Å². The molecule has 0 saturated carbocycles. The zero-order chi connectivity index (χ0) is 26.0. The van der Waals surface area contributed by atoms with Crippen molar-refractivity contribution in [2.24, 2.45) is 5.92 Å². The SMILES string of the molecule is CC(C)(C)OC(=O)N1CCCC(C(=O)O)C1.Cc1cc(Cl)c(OCCOc2ccccn2)c(Cl)c1. The molecule has 2 heterocycles. The Morgan fingerprint density at radius 2 is 1.80 bits per heavy atom. The summed E-state index contributed by atoms with van der Waals surface area (Å²) in [6, 6.07) is 9.09. The number of nitrogens with zero attached hydrogens (tertiary/aromatic N) is 2. The first-order chi connectivity index (χ1) is 16.5. The number of carbonyl (C=O) groups is 2. The maximum atomic E-state index is 11.7. The van der Waals surface area contributed by atoms with Crippen molar-refractivity contribution in [2.75, 3.05) is 26.3 Å². The first kappa shape index (κ1) is 28.5. The van der Waals surface area contributed by atoms with Gasteiger partial charge in [0.05, 0.1) is 16.0 Å². The number of rotatable bonds is 6. The number of aryl methyl sites for hydroxylation is 1. The van der Waals surface area contributed by atoms with Gasteiger partial charge in [-0.1, -0.05) is 29.3 Å². The zero-order valence-electron chi connectivity index (χ0n) is 20.4. The van der Waals surface area contributed by atoms with E-state index < -0.39 is 23.6 Å². The zero-order valence-corrected chi connectivity index (χ0v) is 21.9. The average molecular weight is 527 g/mol. The van der Waals surface area contributed by atoms with Gasteiger partial charge in [0.25, 0.3) is 0 Å². The first-order valence-electron chi connectivity index (χ1n) is 11.3. The minimum absolute atomic E-state index is 0.254. The molecule has 10 heteroatoms. The summed E-state index contributed by atoms with van der Waals surface area (Å²) in [7, 11) is 0. The van der Waals surface area contributed by atoms with Crippen LogP contribution in [0.3, 0.4) is 0 Å². The van der Waals surface area contributed by atoms with Crippen LogP contribution in [0.2, 0.25) is 10.0 Å². The van der Waals surface area contributed by atoms with Crippen molar-refractivity contribution < 1.29 is 28.9 Å². The normalized spacial score (nSPS) is 15.5. The lowest BCUT2D eigenvalue weighted by Crippen LogP contribution is -2.44. The Morgan fingerprint density at radius 3 is 2.37 bits per heavy atom. The monoisotopic (exact) mass is 526 g/mol. The van der Waals surface area contributed by atoms with Crippen molar-refractivity contribution in [2.45, 2.75) is 46.1 Å². The van der Waals surface area contributed by atoms with Crippen LogP contribution in [-0.2, 0) is 9.53 Å². The number of amides is 1. The molecule has 35 heavy (non-hydrogen) atoms. The van der Waals surface area contributed by atoms with Crippen LogP contribution < -0.4 is 9.47 Å². The minimum Gasteiger partial charge on any atom is -0.487 e. The minimum atomic E-state index is -0.840. The standard InChI is InChI=1S/C14H13Cl2NO2.C11H19NO4/c1-10-8-11(15)14(12(16)9-10)19-7-6-18-13-4-2-3-5-17-13;1-11(2,3)16-10(15)12-6-4-5-8(7-12)9(13)14/h2-5,8-9H,6-7H2,1H3;8H,4-7H2,1-3H3,(H,13,14). The topological polar surface area (TPSA) is 98.2 Å². The van der Waals surface area contributed by atoms with E-state index in [-0.39, 0.29) is 6.54 Å². The number of piperidine rings is 1. The molecule has 8 nitrogen and oxygen atoms in total. The summed E-state index contributed by atoms with van der Waals surface area (Å²) in [4.78, 5) is 28.0. The van der Waals surface area contributed by atoms with Gasteiger partial charge in [-0.25, -0.2) is 9.78 Å². The van der Waals surface area contributed by atoms with E-state index in [0.29, 0.717) is 47.9 Å². The molecule has 2 aromatic rings. The Hall–Kier alpha value is -2.71. The summed E-state index contributed by atoms with van der Waals surface area (Å²) in [5, 5.41) is 9.90. The number of halogens is 2. The quantitative estimate of drug-likeness (QED) is 0.469. The molecular formula is C25H32Cl2N2O6. The maximum Gasteiger partial charge on any atom is 0.410 e. The number of likely N-dealkylation sites (tertiary alicyclic amines) is 1. The van der Waals surface area contributed by atoms with Gasteiger partial charge in [0.15, 0.2) is 5.75 Å². The number of carboxylic acids is 1. The number of carboxylic acid groups (broad SMARTS) is 1. The van der Waals surface area contributed by atoms with E-state index in [1.165, 1.54) is 4.90 Å². The Kier molecular flexibility index (Phi) is 10.9. The second kappa shape index (κ2) is 13.4. The molecule has 1 aromatic carbocycles. The molecule has 0 bridgehead atoms. The highest BCUT2D eigenvalue weighted by molar-refractivity contribution is 6.37. The first-order valence-corrected chi connectivity index (χ1v) is 12.0. The summed E-state index contributed by atoms with van der Waals surface area (Å²) in [5.74, 6) is -0.250. The van der Waals surface area contributed by atoms with Gasteiger partial charge < -0.3 is 24.2 Å². The molecule has 1 atom stereocenters. The third-order valence-corrected chi connectivity index (χ3v) is 5.34. The molecule has 3 rings (SSSR count). The second-order valence-corrected chi connectivity index (χ2v) is 9.84. The number of aromatic nitrogens is 1. The Bertz CT molecular complexity index is 959. The Balaban J connectivity index is 0.000000251. The smallest absolute Gasteiger partial charge is 0.410 e. The van der Waals surface area contributed by atoms with Crippen LogP contribution in [0, 0.1) is 12.8 Å². The number of carbonyl (C=O) groups excluding carboxylic acids is 1. The second-order valence-electron chi connectivity index (χ2n) is 9.03. The third-order valence-electron chi connectivity index (χ3n) is 4.78. The van der Waals surface area contributed by atoms with E-state index in [0.717, 1.165) is 12.0 Å². The van der Waals surface area contributed by atoms with Crippen LogP contribution >= 0.6 is 23.2 Å². The molecule has 192 valence electrons. The molecule has 1 fully saturated rings. The summed E-state index contributed by atoms with van der Waals surface area (Å²) in [6.07, 6.45) is 2.60. The fourth-order valence-electron chi connectivity index (χ4n) is 3.22. The molecule has 1 unspecified atom stereocenters. The lowest BCUT2D eigenvalue weighted by Gasteiger charge is -2.32. The highest BCUT2D eigenvalue weighted by Gasteiger charge is 2.30. The van der Waals surface area contributed by atoms with Crippen molar-refractivity contribution in [1.82, 2.24) is 9.88 Å². The van der Waals surface area contributed by atoms with Crippen LogP contribution in [0.25, 0.3) is 0 Å². The highest BCUT2D eigenvalue weighted by Crippen LogP contribution is 2.33. The van der Waals surface area contributed by atoms with Gasteiger partial charge >= 0.3 is 12.1 Å². The lowest BCUT2D eigenvalue weighted by atomic mass is 9.99. The van der Waals surface area contributed by atoms with E-state index >= 15 is 0 Å².